The molecule has 0 bridgehead atoms. The predicted molar refractivity (Wildman–Crippen MR) is 80.3 cm³/mol. The van der Waals surface area contributed by atoms with Crippen molar-refractivity contribution in [1.82, 2.24) is 15.4 Å². The molecule has 21 heavy (non-hydrogen) atoms. The molecule has 1 aromatic carbocycles. The fraction of sp³-hybridized carbons (Fsp3) is 0.333. The van der Waals surface area contributed by atoms with Gasteiger partial charge in [0.1, 0.15) is 0 Å². The van der Waals surface area contributed by atoms with Crippen LogP contribution in [0.25, 0.3) is 11.3 Å². The molecular formula is C15H16ClN3O2. The quantitative estimate of drug-likeness (QED) is 0.926. The molecule has 1 aliphatic heterocycles. The molecule has 0 spiro atoms. The SMILES string of the molecule is C[C@@H]1CNCCN1C(=O)c1cc(-c2ccccc2Cl)on1. The number of carbonyl (C=O) groups is 1. The molecular weight excluding hydrogens is 290 g/mol. The number of aromatic nitrogens is 1. The molecule has 110 valence electrons. The van der Waals surface area contributed by atoms with Crippen LogP contribution >= 0.6 is 11.6 Å². The fourth-order valence-corrected chi connectivity index (χ4v) is 2.68. The Kier molecular flexibility index (Phi) is 3.94. The molecule has 5 nitrogen and oxygen atoms in total. The Morgan fingerprint density at radius 1 is 1.48 bits per heavy atom. The van der Waals surface area contributed by atoms with Crippen LogP contribution in [0.3, 0.4) is 0 Å². The van der Waals surface area contributed by atoms with E-state index in [9.17, 15) is 4.79 Å². The first-order valence-corrected chi connectivity index (χ1v) is 7.28. The van der Waals surface area contributed by atoms with Gasteiger partial charge in [-0.1, -0.05) is 28.9 Å². The van der Waals surface area contributed by atoms with Gasteiger partial charge in [0.25, 0.3) is 5.91 Å². The zero-order valence-electron chi connectivity index (χ0n) is 11.7. The topological polar surface area (TPSA) is 58.4 Å². The lowest BCUT2D eigenvalue weighted by atomic mass is 10.1. The Bertz CT molecular complexity index is 656. The maximum atomic E-state index is 12.5. The lowest BCUT2D eigenvalue weighted by Crippen LogP contribution is -2.52. The van der Waals surface area contributed by atoms with Crippen molar-refractivity contribution in [3.8, 4) is 11.3 Å². The summed E-state index contributed by atoms with van der Waals surface area (Å²) in [5, 5.41) is 7.72. The van der Waals surface area contributed by atoms with E-state index < -0.39 is 0 Å². The first-order chi connectivity index (χ1) is 10.2. The second-order valence-corrected chi connectivity index (χ2v) is 5.52. The number of amides is 1. The summed E-state index contributed by atoms with van der Waals surface area (Å²) < 4.78 is 5.28. The number of halogens is 1. The zero-order valence-corrected chi connectivity index (χ0v) is 12.4. The van der Waals surface area contributed by atoms with Crippen molar-refractivity contribution in [1.29, 1.82) is 0 Å². The number of piperazine rings is 1. The predicted octanol–water partition coefficient (Wildman–Crippen LogP) is 2.43. The highest BCUT2D eigenvalue weighted by Gasteiger charge is 2.26. The van der Waals surface area contributed by atoms with E-state index in [0.717, 1.165) is 18.7 Å². The highest BCUT2D eigenvalue weighted by molar-refractivity contribution is 6.33. The average molecular weight is 306 g/mol. The van der Waals surface area contributed by atoms with Crippen LogP contribution in [-0.2, 0) is 0 Å². The number of rotatable bonds is 2. The third kappa shape index (κ3) is 2.80. The molecule has 1 amide bonds. The second-order valence-electron chi connectivity index (χ2n) is 5.11. The standard InChI is InChI=1S/C15H16ClN3O2/c1-10-9-17-6-7-19(10)15(20)13-8-14(21-18-13)11-4-2-3-5-12(11)16/h2-5,8,10,17H,6-7,9H2,1H3/t10-/m1/s1. The van der Waals surface area contributed by atoms with Crippen molar-refractivity contribution in [3.05, 3.63) is 41.0 Å². The van der Waals surface area contributed by atoms with Crippen molar-refractivity contribution in [2.75, 3.05) is 19.6 Å². The first kappa shape index (κ1) is 14.1. The number of benzene rings is 1. The van der Waals surface area contributed by atoms with Gasteiger partial charge in [0.05, 0.1) is 5.02 Å². The van der Waals surface area contributed by atoms with Crippen LogP contribution < -0.4 is 5.32 Å². The molecule has 0 saturated carbocycles. The van der Waals surface area contributed by atoms with E-state index in [1.54, 1.807) is 12.1 Å². The Labute approximate surface area is 127 Å². The lowest BCUT2D eigenvalue weighted by molar-refractivity contribution is 0.0645. The Morgan fingerprint density at radius 3 is 3.05 bits per heavy atom. The van der Waals surface area contributed by atoms with Gasteiger partial charge < -0.3 is 14.7 Å². The van der Waals surface area contributed by atoms with Crippen LogP contribution in [0.1, 0.15) is 17.4 Å². The van der Waals surface area contributed by atoms with Crippen LogP contribution in [-0.4, -0.2) is 41.6 Å². The van der Waals surface area contributed by atoms with E-state index in [4.69, 9.17) is 16.1 Å². The van der Waals surface area contributed by atoms with Crippen LogP contribution in [0.5, 0.6) is 0 Å². The van der Waals surface area contributed by atoms with Crippen molar-refractivity contribution in [2.24, 2.45) is 0 Å². The number of carbonyl (C=O) groups excluding carboxylic acids is 1. The Balaban J connectivity index is 1.85. The molecule has 2 heterocycles. The minimum Gasteiger partial charge on any atom is -0.355 e. The minimum absolute atomic E-state index is 0.106. The van der Waals surface area contributed by atoms with E-state index in [2.05, 4.69) is 10.5 Å². The first-order valence-electron chi connectivity index (χ1n) is 6.90. The van der Waals surface area contributed by atoms with Crippen LogP contribution in [0.4, 0.5) is 0 Å². The van der Waals surface area contributed by atoms with Gasteiger partial charge in [0, 0.05) is 37.3 Å². The van der Waals surface area contributed by atoms with Gasteiger partial charge in [-0.2, -0.15) is 0 Å². The number of hydrogen-bond acceptors (Lipinski definition) is 4. The van der Waals surface area contributed by atoms with Crippen molar-refractivity contribution in [3.63, 3.8) is 0 Å². The van der Waals surface area contributed by atoms with Gasteiger partial charge in [-0.25, -0.2) is 0 Å². The molecule has 0 unspecified atom stereocenters. The summed E-state index contributed by atoms with van der Waals surface area (Å²) in [6, 6.07) is 9.12. The van der Waals surface area contributed by atoms with E-state index in [1.807, 2.05) is 30.0 Å². The van der Waals surface area contributed by atoms with Gasteiger partial charge in [-0.3, -0.25) is 4.79 Å². The second kappa shape index (κ2) is 5.87. The molecule has 1 fully saturated rings. The summed E-state index contributed by atoms with van der Waals surface area (Å²) >= 11 is 6.13. The normalized spacial score (nSPS) is 18.8. The summed E-state index contributed by atoms with van der Waals surface area (Å²) in [7, 11) is 0. The molecule has 1 saturated heterocycles. The third-order valence-corrected chi connectivity index (χ3v) is 3.96. The van der Waals surface area contributed by atoms with Crippen LogP contribution in [0, 0.1) is 0 Å². The minimum atomic E-state index is -0.106. The lowest BCUT2D eigenvalue weighted by Gasteiger charge is -2.33. The number of hydrogen-bond donors (Lipinski definition) is 1. The summed E-state index contributed by atoms with van der Waals surface area (Å²) in [5.41, 5.74) is 1.05. The maximum absolute atomic E-state index is 12.5. The highest BCUT2D eigenvalue weighted by Crippen LogP contribution is 2.28. The van der Waals surface area contributed by atoms with E-state index >= 15 is 0 Å². The summed E-state index contributed by atoms with van der Waals surface area (Å²) in [6.07, 6.45) is 0. The third-order valence-electron chi connectivity index (χ3n) is 3.63. The Hall–Kier alpha value is -1.85. The average Bonchev–Trinajstić information content (AvgIpc) is 2.97. The van der Waals surface area contributed by atoms with Gasteiger partial charge >= 0.3 is 0 Å². The van der Waals surface area contributed by atoms with Crippen LogP contribution in [0.2, 0.25) is 5.02 Å². The molecule has 2 aromatic rings. The van der Waals surface area contributed by atoms with Gasteiger partial charge in [0.15, 0.2) is 11.5 Å². The zero-order chi connectivity index (χ0) is 14.8. The molecule has 3 rings (SSSR count). The molecule has 1 aromatic heterocycles. The summed E-state index contributed by atoms with van der Waals surface area (Å²) in [4.78, 5) is 14.3. The summed E-state index contributed by atoms with van der Waals surface area (Å²) in [5.74, 6) is 0.401. The van der Waals surface area contributed by atoms with Gasteiger partial charge in [-0.15, -0.1) is 0 Å². The molecule has 1 N–H and O–H groups in total. The molecule has 6 heteroatoms. The van der Waals surface area contributed by atoms with Gasteiger partial charge in [0.2, 0.25) is 0 Å². The van der Waals surface area contributed by atoms with Gasteiger partial charge in [-0.05, 0) is 19.1 Å². The highest BCUT2D eigenvalue weighted by atomic mass is 35.5. The largest absolute Gasteiger partial charge is 0.355 e. The molecule has 0 radical (unpaired) electrons. The molecule has 0 aliphatic carbocycles. The van der Waals surface area contributed by atoms with Crippen molar-refractivity contribution >= 4 is 17.5 Å². The van der Waals surface area contributed by atoms with E-state index in [1.165, 1.54) is 0 Å². The Morgan fingerprint density at radius 2 is 2.29 bits per heavy atom. The molecule has 1 atom stereocenters. The van der Waals surface area contributed by atoms with Crippen LogP contribution in [0.15, 0.2) is 34.9 Å². The fourth-order valence-electron chi connectivity index (χ4n) is 2.45. The van der Waals surface area contributed by atoms with Crippen molar-refractivity contribution in [2.45, 2.75) is 13.0 Å². The van der Waals surface area contributed by atoms with E-state index in [0.29, 0.717) is 23.0 Å². The molecule has 1 aliphatic rings. The van der Waals surface area contributed by atoms with E-state index in [-0.39, 0.29) is 11.9 Å². The smallest absolute Gasteiger partial charge is 0.276 e. The maximum Gasteiger partial charge on any atom is 0.276 e. The number of nitrogens with one attached hydrogen (secondary N) is 1. The summed E-state index contributed by atoms with van der Waals surface area (Å²) in [6.45, 7) is 4.28. The number of nitrogens with zero attached hydrogens (tertiary/aromatic N) is 2. The van der Waals surface area contributed by atoms with Crippen molar-refractivity contribution < 1.29 is 9.32 Å². The monoisotopic (exact) mass is 305 g/mol.